The highest BCUT2D eigenvalue weighted by atomic mass is 127. The molecule has 18 heavy (non-hydrogen) atoms. The van der Waals surface area contributed by atoms with E-state index in [2.05, 4.69) is 27.3 Å². The van der Waals surface area contributed by atoms with Crippen molar-refractivity contribution in [1.29, 1.82) is 0 Å². The molecule has 1 aromatic rings. The smallest absolute Gasteiger partial charge is 0.210 e. The lowest BCUT2D eigenvalue weighted by molar-refractivity contribution is 0.370. The van der Waals surface area contributed by atoms with Gasteiger partial charge in [0.05, 0.1) is 0 Å². The topological polar surface area (TPSA) is 46.2 Å². The van der Waals surface area contributed by atoms with E-state index in [0.29, 0.717) is 16.7 Å². The minimum absolute atomic E-state index is 0.433. The molecule has 1 aliphatic rings. The number of thiophene rings is 1. The molecule has 1 aromatic heterocycles. The summed E-state index contributed by atoms with van der Waals surface area (Å²) in [5.41, 5.74) is 0. The van der Waals surface area contributed by atoms with E-state index >= 15 is 0 Å². The summed E-state index contributed by atoms with van der Waals surface area (Å²) >= 11 is 3.82. The number of sulfonamides is 1. The molecule has 0 saturated heterocycles. The summed E-state index contributed by atoms with van der Waals surface area (Å²) in [6.07, 6.45) is 4.70. The first kappa shape index (κ1) is 14.7. The van der Waals surface area contributed by atoms with Crippen LogP contribution in [0.1, 0.15) is 30.6 Å². The summed E-state index contributed by atoms with van der Waals surface area (Å²) in [6, 6.07) is 3.53. The molecule has 6 heteroatoms. The second-order valence-electron chi connectivity index (χ2n) is 4.83. The number of nitrogens with one attached hydrogen (secondary N) is 1. The Balaban J connectivity index is 1.90. The molecule has 0 aliphatic heterocycles. The molecule has 0 atom stereocenters. The maximum absolute atomic E-state index is 12.1. The van der Waals surface area contributed by atoms with Crippen LogP contribution in [0.3, 0.4) is 0 Å². The molecular weight excluding hydrogens is 381 g/mol. The molecule has 1 saturated carbocycles. The molecule has 0 spiro atoms. The van der Waals surface area contributed by atoms with Crippen LogP contribution < -0.4 is 4.72 Å². The number of aryl methyl sites for hydroxylation is 1. The van der Waals surface area contributed by atoms with Gasteiger partial charge in [0.25, 0.3) is 0 Å². The van der Waals surface area contributed by atoms with Gasteiger partial charge in [-0.1, -0.05) is 22.6 Å². The fraction of sp³-hybridized carbons (Fsp3) is 0.667. The van der Waals surface area contributed by atoms with Crippen molar-refractivity contribution >= 4 is 44.0 Å². The molecule has 0 amide bonds. The Kier molecular flexibility index (Phi) is 5.07. The van der Waals surface area contributed by atoms with Gasteiger partial charge >= 0.3 is 0 Å². The van der Waals surface area contributed by atoms with Gasteiger partial charge < -0.3 is 0 Å². The monoisotopic (exact) mass is 399 g/mol. The lowest BCUT2D eigenvalue weighted by Crippen LogP contribution is -2.31. The van der Waals surface area contributed by atoms with Crippen molar-refractivity contribution in [2.24, 2.45) is 5.92 Å². The van der Waals surface area contributed by atoms with Gasteiger partial charge in [-0.25, -0.2) is 13.1 Å². The molecule has 0 aromatic carbocycles. The predicted molar refractivity (Wildman–Crippen MR) is 84.0 cm³/mol. The maximum atomic E-state index is 12.1. The van der Waals surface area contributed by atoms with E-state index in [1.54, 1.807) is 6.07 Å². The Bertz CT molecular complexity index is 490. The first-order chi connectivity index (χ1) is 8.47. The van der Waals surface area contributed by atoms with Crippen LogP contribution in [0.2, 0.25) is 0 Å². The van der Waals surface area contributed by atoms with Gasteiger partial charge in [-0.05, 0) is 50.7 Å². The van der Waals surface area contributed by atoms with Gasteiger partial charge in [-0.3, -0.25) is 0 Å². The lowest BCUT2D eigenvalue weighted by Gasteiger charge is -2.25. The standard InChI is InChI=1S/C12H18INO2S2/c1-9-2-7-12(17-9)18(15,16)14-8-10-3-5-11(13)6-4-10/h2,7,10-11,14H,3-6,8H2,1H3. The highest BCUT2D eigenvalue weighted by Crippen LogP contribution is 2.29. The molecule has 1 N–H and O–H groups in total. The molecule has 3 nitrogen and oxygen atoms in total. The van der Waals surface area contributed by atoms with Gasteiger partial charge in [0.15, 0.2) is 0 Å². The fourth-order valence-corrected chi connectivity index (χ4v) is 5.34. The van der Waals surface area contributed by atoms with Crippen LogP contribution in [0.5, 0.6) is 0 Å². The molecule has 2 rings (SSSR count). The van der Waals surface area contributed by atoms with Gasteiger partial charge in [0, 0.05) is 15.3 Å². The third-order valence-corrected chi connectivity index (χ3v) is 7.48. The van der Waals surface area contributed by atoms with E-state index in [-0.39, 0.29) is 0 Å². The van der Waals surface area contributed by atoms with Crippen molar-refractivity contribution in [2.75, 3.05) is 6.54 Å². The van der Waals surface area contributed by atoms with Crippen molar-refractivity contribution in [3.05, 3.63) is 17.0 Å². The summed E-state index contributed by atoms with van der Waals surface area (Å²) in [5, 5.41) is 0. The molecule has 1 heterocycles. The summed E-state index contributed by atoms with van der Waals surface area (Å²) in [7, 11) is -3.29. The Morgan fingerprint density at radius 1 is 1.33 bits per heavy atom. The van der Waals surface area contributed by atoms with Crippen molar-refractivity contribution < 1.29 is 8.42 Å². The van der Waals surface area contributed by atoms with E-state index in [4.69, 9.17) is 0 Å². The maximum Gasteiger partial charge on any atom is 0.250 e. The third kappa shape index (κ3) is 3.91. The molecule has 0 bridgehead atoms. The van der Waals surface area contributed by atoms with Crippen molar-refractivity contribution in [2.45, 2.75) is 40.7 Å². The predicted octanol–water partition coefficient (Wildman–Crippen LogP) is 3.33. The number of hydrogen-bond acceptors (Lipinski definition) is 3. The van der Waals surface area contributed by atoms with Crippen LogP contribution >= 0.6 is 33.9 Å². The van der Waals surface area contributed by atoms with Gasteiger partial charge in [0.1, 0.15) is 4.21 Å². The SMILES string of the molecule is Cc1ccc(S(=O)(=O)NCC2CCC(I)CC2)s1. The fourth-order valence-electron chi connectivity index (χ4n) is 2.18. The quantitative estimate of drug-likeness (QED) is 0.624. The largest absolute Gasteiger partial charge is 0.250 e. The van der Waals surface area contributed by atoms with Crippen molar-refractivity contribution in [1.82, 2.24) is 4.72 Å². The molecule has 102 valence electrons. The normalized spacial score (nSPS) is 25.2. The van der Waals surface area contributed by atoms with Crippen molar-refractivity contribution in [3.8, 4) is 0 Å². The van der Waals surface area contributed by atoms with E-state index < -0.39 is 10.0 Å². The second kappa shape index (κ2) is 6.19. The van der Waals surface area contributed by atoms with Gasteiger partial charge in [0.2, 0.25) is 10.0 Å². The minimum atomic E-state index is -3.29. The lowest BCUT2D eigenvalue weighted by atomic mass is 9.89. The number of halogens is 1. The van der Waals surface area contributed by atoms with Crippen molar-refractivity contribution in [3.63, 3.8) is 0 Å². The zero-order valence-electron chi connectivity index (χ0n) is 10.4. The minimum Gasteiger partial charge on any atom is -0.210 e. The highest BCUT2D eigenvalue weighted by molar-refractivity contribution is 14.1. The van der Waals surface area contributed by atoms with E-state index in [0.717, 1.165) is 21.6 Å². The molecule has 0 radical (unpaired) electrons. The first-order valence-corrected chi connectivity index (χ1v) is 9.72. The summed E-state index contributed by atoms with van der Waals surface area (Å²) in [6.45, 7) is 2.51. The van der Waals surface area contributed by atoms with E-state index in [9.17, 15) is 8.42 Å². The number of rotatable bonds is 4. The van der Waals surface area contributed by atoms with Crippen LogP contribution in [0.4, 0.5) is 0 Å². The zero-order chi connectivity index (χ0) is 13.2. The Morgan fingerprint density at radius 3 is 2.56 bits per heavy atom. The van der Waals surface area contributed by atoms with Gasteiger partial charge in [-0.2, -0.15) is 0 Å². The summed E-state index contributed by atoms with van der Waals surface area (Å²) < 4.78 is 28.1. The summed E-state index contributed by atoms with van der Waals surface area (Å²) in [5.74, 6) is 0.506. The van der Waals surface area contributed by atoms with Crippen LogP contribution in [0.25, 0.3) is 0 Å². The highest BCUT2D eigenvalue weighted by Gasteiger charge is 2.22. The van der Waals surface area contributed by atoms with Crippen LogP contribution in [0.15, 0.2) is 16.3 Å². The average Bonchev–Trinajstić information content (AvgIpc) is 2.76. The average molecular weight is 399 g/mol. The van der Waals surface area contributed by atoms with Gasteiger partial charge in [-0.15, -0.1) is 11.3 Å². The second-order valence-corrected chi connectivity index (χ2v) is 9.88. The molecular formula is C12H18INO2S2. The van der Waals surface area contributed by atoms with Crippen LogP contribution in [-0.4, -0.2) is 18.9 Å². The molecule has 0 unspecified atom stereocenters. The molecule has 1 fully saturated rings. The van der Waals surface area contributed by atoms with Crippen LogP contribution in [-0.2, 0) is 10.0 Å². The third-order valence-electron chi connectivity index (χ3n) is 3.32. The number of alkyl halides is 1. The Labute approximate surface area is 127 Å². The Hall–Kier alpha value is 0.340. The van der Waals surface area contributed by atoms with E-state index in [1.165, 1.54) is 24.2 Å². The van der Waals surface area contributed by atoms with E-state index in [1.807, 2.05) is 13.0 Å². The number of hydrogen-bond donors (Lipinski definition) is 1. The first-order valence-electron chi connectivity index (χ1n) is 6.17. The zero-order valence-corrected chi connectivity index (χ0v) is 14.1. The van der Waals surface area contributed by atoms with Crippen LogP contribution in [0, 0.1) is 12.8 Å². The summed E-state index contributed by atoms with van der Waals surface area (Å²) in [4.78, 5) is 1.03. The molecule has 1 aliphatic carbocycles. The Morgan fingerprint density at radius 2 is 2.00 bits per heavy atom.